The number of benzene rings is 2. The number of aliphatic hydroxyl groups is 1. The van der Waals surface area contributed by atoms with Gasteiger partial charge in [0.15, 0.2) is 0 Å². The van der Waals surface area contributed by atoms with Gasteiger partial charge in [-0.25, -0.2) is 4.98 Å². The van der Waals surface area contributed by atoms with Crippen molar-refractivity contribution in [1.82, 2.24) is 15.6 Å². The SMILES string of the molecule is C[C@H](Cc1cccc(CC(=O)NCCc2ccccc2)c1)NC[C@H](O)c1ccc(N)nc1. The van der Waals surface area contributed by atoms with Crippen LogP contribution in [0, 0.1) is 0 Å². The molecule has 0 bridgehead atoms. The minimum absolute atomic E-state index is 0.0319. The van der Waals surface area contributed by atoms with Crippen molar-refractivity contribution < 1.29 is 9.90 Å². The fourth-order valence-electron chi connectivity index (χ4n) is 3.58. The lowest BCUT2D eigenvalue weighted by atomic mass is 10.0. The first-order chi connectivity index (χ1) is 15.5. The van der Waals surface area contributed by atoms with Crippen molar-refractivity contribution >= 4 is 11.7 Å². The number of aliphatic hydroxyl groups excluding tert-OH is 1. The molecular weight excluding hydrogens is 400 g/mol. The number of anilines is 1. The van der Waals surface area contributed by atoms with Crippen LogP contribution >= 0.6 is 0 Å². The molecule has 0 fully saturated rings. The van der Waals surface area contributed by atoms with E-state index in [1.165, 1.54) is 5.56 Å². The Morgan fingerprint density at radius 1 is 1.03 bits per heavy atom. The summed E-state index contributed by atoms with van der Waals surface area (Å²) in [4.78, 5) is 16.3. The molecule has 5 N–H and O–H groups in total. The van der Waals surface area contributed by atoms with Gasteiger partial charge >= 0.3 is 0 Å². The van der Waals surface area contributed by atoms with Gasteiger partial charge in [-0.1, -0.05) is 60.7 Å². The van der Waals surface area contributed by atoms with Crippen molar-refractivity contribution in [2.24, 2.45) is 0 Å². The summed E-state index contributed by atoms with van der Waals surface area (Å²) in [6.45, 7) is 3.14. The fraction of sp³-hybridized carbons (Fsp3) is 0.308. The maximum Gasteiger partial charge on any atom is 0.224 e. The van der Waals surface area contributed by atoms with E-state index in [9.17, 15) is 9.90 Å². The van der Waals surface area contributed by atoms with Gasteiger partial charge in [-0.05, 0) is 42.5 Å². The molecule has 6 heteroatoms. The largest absolute Gasteiger partial charge is 0.387 e. The first-order valence-electron chi connectivity index (χ1n) is 11.0. The molecule has 3 rings (SSSR count). The summed E-state index contributed by atoms with van der Waals surface area (Å²) in [6, 6.07) is 21.9. The van der Waals surface area contributed by atoms with Crippen LogP contribution in [-0.4, -0.2) is 35.1 Å². The lowest BCUT2D eigenvalue weighted by molar-refractivity contribution is -0.120. The second-order valence-electron chi connectivity index (χ2n) is 8.13. The van der Waals surface area contributed by atoms with Gasteiger partial charge in [-0.3, -0.25) is 4.79 Å². The van der Waals surface area contributed by atoms with Crippen molar-refractivity contribution in [3.63, 3.8) is 0 Å². The van der Waals surface area contributed by atoms with Crippen molar-refractivity contribution in [3.05, 3.63) is 95.2 Å². The number of amides is 1. The van der Waals surface area contributed by atoms with Gasteiger partial charge in [0.1, 0.15) is 5.82 Å². The molecule has 1 heterocycles. The van der Waals surface area contributed by atoms with Crippen LogP contribution in [0.5, 0.6) is 0 Å². The third-order valence-corrected chi connectivity index (χ3v) is 5.33. The predicted octanol–water partition coefficient (Wildman–Crippen LogP) is 2.82. The Balaban J connectivity index is 1.42. The highest BCUT2D eigenvalue weighted by atomic mass is 16.3. The lowest BCUT2D eigenvalue weighted by Gasteiger charge is -2.18. The van der Waals surface area contributed by atoms with Crippen molar-refractivity contribution in [2.45, 2.75) is 38.3 Å². The van der Waals surface area contributed by atoms with E-state index in [1.54, 1.807) is 18.3 Å². The van der Waals surface area contributed by atoms with Gasteiger partial charge in [0, 0.05) is 30.9 Å². The molecular formula is C26H32N4O2. The van der Waals surface area contributed by atoms with Crippen LogP contribution in [0.25, 0.3) is 0 Å². The topological polar surface area (TPSA) is 100 Å². The predicted molar refractivity (Wildman–Crippen MR) is 128 cm³/mol. The highest BCUT2D eigenvalue weighted by molar-refractivity contribution is 5.78. The summed E-state index contributed by atoms with van der Waals surface area (Å²) >= 11 is 0. The molecule has 1 amide bonds. The number of rotatable bonds is 11. The zero-order valence-corrected chi connectivity index (χ0v) is 18.5. The summed E-state index contributed by atoms with van der Waals surface area (Å²) in [5, 5.41) is 16.7. The van der Waals surface area contributed by atoms with Crippen LogP contribution in [0.3, 0.4) is 0 Å². The van der Waals surface area contributed by atoms with Crippen molar-refractivity contribution in [3.8, 4) is 0 Å². The van der Waals surface area contributed by atoms with E-state index >= 15 is 0 Å². The normalized spacial score (nSPS) is 12.8. The molecule has 0 aliphatic carbocycles. The molecule has 0 aliphatic heterocycles. The molecule has 6 nitrogen and oxygen atoms in total. The summed E-state index contributed by atoms with van der Waals surface area (Å²) in [6.07, 6.45) is 2.95. The van der Waals surface area contributed by atoms with E-state index in [0.717, 1.165) is 29.5 Å². The van der Waals surface area contributed by atoms with E-state index in [-0.39, 0.29) is 11.9 Å². The molecule has 2 atom stereocenters. The molecule has 0 unspecified atom stereocenters. The Labute approximate surface area is 189 Å². The molecule has 0 saturated heterocycles. The zero-order chi connectivity index (χ0) is 22.8. The molecule has 32 heavy (non-hydrogen) atoms. The number of hydrogen-bond donors (Lipinski definition) is 4. The number of nitrogens with zero attached hydrogens (tertiary/aromatic N) is 1. The summed E-state index contributed by atoms with van der Waals surface area (Å²) in [5.41, 5.74) is 9.70. The number of nitrogens with two attached hydrogens (primary N) is 1. The molecule has 2 aromatic carbocycles. The van der Waals surface area contributed by atoms with Crippen LogP contribution in [0.4, 0.5) is 5.82 Å². The summed E-state index contributed by atoms with van der Waals surface area (Å²) < 4.78 is 0. The van der Waals surface area contributed by atoms with Crippen LogP contribution in [0.15, 0.2) is 72.9 Å². The molecule has 0 spiro atoms. The van der Waals surface area contributed by atoms with Gasteiger partial charge in [0.05, 0.1) is 12.5 Å². The number of nitrogen functional groups attached to an aromatic ring is 1. The van der Waals surface area contributed by atoms with Crippen molar-refractivity contribution in [2.75, 3.05) is 18.8 Å². The average Bonchev–Trinajstić information content (AvgIpc) is 2.79. The number of pyridine rings is 1. The van der Waals surface area contributed by atoms with E-state index in [4.69, 9.17) is 5.73 Å². The third kappa shape index (κ3) is 7.80. The lowest BCUT2D eigenvalue weighted by Crippen LogP contribution is -2.32. The number of hydrogen-bond acceptors (Lipinski definition) is 5. The van der Waals surface area contributed by atoms with E-state index in [1.807, 2.05) is 30.3 Å². The first kappa shape index (κ1) is 23.4. The summed E-state index contributed by atoms with van der Waals surface area (Å²) in [7, 11) is 0. The standard InChI is InChI=1S/C26H32N4O2/c1-19(29-18-24(31)23-10-11-25(27)30-17-23)14-21-8-5-9-22(15-21)16-26(32)28-13-12-20-6-3-2-4-7-20/h2-11,15,17,19,24,29,31H,12-14,16,18H2,1H3,(H2,27,30)(H,28,32)/t19-,24+/m1/s1. The number of aromatic nitrogens is 1. The first-order valence-corrected chi connectivity index (χ1v) is 11.0. The smallest absolute Gasteiger partial charge is 0.224 e. The maximum atomic E-state index is 12.3. The van der Waals surface area contributed by atoms with Gasteiger partial charge in [0.2, 0.25) is 5.91 Å². The maximum absolute atomic E-state index is 12.3. The highest BCUT2D eigenvalue weighted by Crippen LogP contribution is 2.13. The zero-order valence-electron chi connectivity index (χ0n) is 18.5. The van der Waals surface area contributed by atoms with Crippen LogP contribution in [0.2, 0.25) is 0 Å². The van der Waals surface area contributed by atoms with Crippen LogP contribution in [0.1, 0.15) is 35.3 Å². The molecule has 0 radical (unpaired) electrons. The van der Waals surface area contributed by atoms with Crippen molar-refractivity contribution in [1.29, 1.82) is 0 Å². The number of carbonyl (C=O) groups excluding carboxylic acids is 1. The minimum Gasteiger partial charge on any atom is -0.387 e. The van der Waals surface area contributed by atoms with Gasteiger partial charge < -0.3 is 21.5 Å². The van der Waals surface area contributed by atoms with Crippen LogP contribution in [-0.2, 0) is 24.1 Å². The molecule has 3 aromatic rings. The van der Waals surface area contributed by atoms with E-state index in [0.29, 0.717) is 25.3 Å². The van der Waals surface area contributed by atoms with E-state index in [2.05, 4.69) is 46.8 Å². The Morgan fingerprint density at radius 2 is 1.78 bits per heavy atom. The molecule has 1 aromatic heterocycles. The number of nitrogens with one attached hydrogen (secondary N) is 2. The Bertz CT molecular complexity index is 977. The molecule has 168 valence electrons. The Morgan fingerprint density at radius 3 is 2.53 bits per heavy atom. The Hall–Kier alpha value is -3.22. The molecule has 0 saturated carbocycles. The fourth-order valence-corrected chi connectivity index (χ4v) is 3.58. The summed E-state index contributed by atoms with van der Waals surface area (Å²) in [5.74, 6) is 0.469. The third-order valence-electron chi connectivity index (χ3n) is 5.33. The second-order valence-corrected chi connectivity index (χ2v) is 8.13. The van der Waals surface area contributed by atoms with Gasteiger partial charge in [-0.15, -0.1) is 0 Å². The van der Waals surface area contributed by atoms with Gasteiger partial charge in [-0.2, -0.15) is 0 Å². The quantitative estimate of drug-likeness (QED) is 0.373. The number of carbonyl (C=O) groups is 1. The Kier molecular flexibility index (Phi) is 8.78. The van der Waals surface area contributed by atoms with Gasteiger partial charge in [0.25, 0.3) is 0 Å². The highest BCUT2D eigenvalue weighted by Gasteiger charge is 2.11. The molecule has 0 aliphatic rings. The average molecular weight is 433 g/mol. The van der Waals surface area contributed by atoms with E-state index < -0.39 is 6.10 Å². The second kappa shape index (κ2) is 12.0. The van der Waals surface area contributed by atoms with Crippen LogP contribution < -0.4 is 16.4 Å². The monoisotopic (exact) mass is 432 g/mol. The minimum atomic E-state index is -0.642.